The molecule has 0 bridgehead atoms. The topological polar surface area (TPSA) is 75.6 Å². The normalized spacial score (nSPS) is 11.2. The maximum atomic E-state index is 13.1. The Hall–Kier alpha value is -3.48. The number of aromatic nitrogens is 4. The maximum Gasteiger partial charge on any atom is 0.224 e. The highest BCUT2D eigenvalue weighted by Crippen LogP contribution is 2.23. The number of amides is 1. The van der Waals surface area contributed by atoms with Gasteiger partial charge in [-0.2, -0.15) is 5.10 Å². The number of H-pyrrole nitrogens is 1. The Bertz CT molecular complexity index is 1190. The van der Waals surface area contributed by atoms with E-state index in [1.54, 1.807) is 12.1 Å². The van der Waals surface area contributed by atoms with Crippen molar-refractivity contribution in [2.24, 2.45) is 7.05 Å². The van der Waals surface area contributed by atoms with Crippen molar-refractivity contribution in [2.45, 2.75) is 26.7 Å². The summed E-state index contributed by atoms with van der Waals surface area (Å²) in [6, 6.07) is 11.7. The van der Waals surface area contributed by atoms with Gasteiger partial charge in [-0.3, -0.25) is 9.48 Å². The standard InChI is InChI=1S/C22H22FN5O/c1-13-18(14(2)28(3)27-13)9-11-21(29)24-17-8-10-19-20(12-17)26-22(25-19)15-4-6-16(23)7-5-15/h4-8,10,12H,9,11H2,1-3H3,(H,24,29)(H,25,26). The smallest absolute Gasteiger partial charge is 0.224 e. The van der Waals surface area contributed by atoms with Crippen LogP contribution in [0.3, 0.4) is 0 Å². The highest BCUT2D eigenvalue weighted by atomic mass is 19.1. The SMILES string of the molecule is Cc1nn(C)c(C)c1CCC(=O)Nc1ccc2nc(-c3ccc(F)cc3)[nH]c2c1. The number of fused-ring (bicyclic) bond motifs is 1. The lowest BCUT2D eigenvalue weighted by Gasteiger charge is -2.06. The number of carbonyl (C=O) groups excluding carboxylic acids is 1. The van der Waals surface area contributed by atoms with Gasteiger partial charge in [0.2, 0.25) is 5.91 Å². The molecule has 0 unspecified atom stereocenters. The number of benzene rings is 2. The van der Waals surface area contributed by atoms with Gasteiger partial charge in [0.05, 0.1) is 16.7 Å². The van der Waals surface area contributed by atoms with Gasteiger partial charge in [0.25, 0.3) is 0 Å². The third kappa shape index (κ3) is 3.89. The third-order valence-electron chi connectivity index (χ3n) is 5.14. The van der Waals surface area contributed by atoms with Crippen LogP contribution in [-0.2, 0) is 18.3 Å². The zero-order valence-electron chi connectivity index (χ0n) is 16.6. The zero-order valence-corrected chi connectivity index (χ0v) is 16.6. The molecule has 2 aromatic heterocycles. The molecule has 2 aromatic carbocycles. The van der Waals surface area contributed by atoms with Crippen molar-refractivity contribution in [1.29, 1.82) is 0 Å². The number of halogens is 1. The minimum Gasteiger partial charge on any atom is -0.338 e. The Kier molecular flexibility index (Phi) is 4.88. The highest BCUT2D eigenvalue weighted by molar-refractivity contribution is 5.93. The monoisotopic (exact) mass is 391 g/mol. The molecular weight excluding hydrogens is 369 g/mol. The molecule has 6 nitrogen and oxygen atoms in total. The number of rotatable bonds is 5. The molecule has 29 heavy (non-hydrogen) atoms. The lowest BCUT2D eigenvalue weighted by atomic mass is 10.1. The van der Waals surface area contributed by atoms with Gasteiger partial charge in [-0.25, -0.2) is 9.37 Å². The van der Waals surface area contributed by atoms with Crippen LogP contribution < -0.4 is 5.32 Å². The summed E-state index contributed by atoms with van der Waals surface area (Å²) in [5.74, 6) is 0.322. The summed E-state index contributed by atoms with van der Waals surface area (Å²) in [6.07, 6.45) is 1.04. The number of anilines is 1. The average molecular weight is 391 g/mol. The van der Waals surface area contributed by atoms with E-state index < -0.39 is 0 Å². The number of nitrogens with zero attached hydrogens (tertiary/aromatic N) is 3. The van der Waals surface area contributed by atoms with E-state index in [4.69, 9.17) is 0 Å². The van der Waals surface area contributed by atoms with E-state index in [1.807, 2.05) is 43.8 Å². The fourth-order valence-electron chi connectivity index (χ4n) is 3.47. The van der Waals surface area contributed by atoms with Crippen molar-refractivity contribution >= 4 is 22.6 Å². The van der Waals surface area contributed by atoms with Gasteiger partial charge in [-0.05, 0) is 68.3 Å². The van der Waals surface area contributed by atoms with Gasteiger partial charge < -0.3 is 10.3 Å². The molecule has 0 aliphatic rings. The number of nitrogens with one attached hydrogen (secondary N) is 2. The van der Waals surface area contributed by atoms with Crippen molar-refractivity contribution in [3.05, 3.63) is 65.2 Å². The predicted octanol–water partition coefficient (Wildman–Crippen LogP) is 4.29. The van der Waals surface area contributed by atoms with Gasteiger partial charge >= 0.3 is 0 Å². The van der Waals surface area contributed by atoms with Gasteiger partial charge in [-0.15, -0.1) is 0 Å². The zero-order chi connectivity index (χ0) is 20.5. The van der Waals surface area contributed by atoms with E-state index in [9.17, 15) is 9.18 Å². The van der Waals surface area contributed by atoms with E-state index in [0.717, 1.165) is 33.5 Å². The van der Waals surface area contributed by atoms with E-state index in [2.05, 4.69) is 20.4 Å². The summed E-state index contributed by atoms with van der Waals surface area (Å²) in [5.41, 5.74) is 6.26. The fourth-order valence-corrected chi connectivity index (χ4v) is 3.47. The van der Waals surface area contributed by atoms with Crippen LogP contribution in [0.2, 0.25) is 0 Å². The first-order chi connectivity index (χ1) is 13.9. The summed E-state index contributed by atoms with van der Waals surface area (Å²) in [6.45, 7) is 3.98. The molecule has 4 rings (SSSR count). The predicted molar refractivity (Wildman–Crippen MR) is 111 cm³/mol. The second kappa shape index (κ2) is 7.50. The number of aryl methyl sites for hydroxylation is 2. The van der Waals surface area contributed by atoms with Crippen molar-refractivity contribution in [2.75, 3.05) is 5.32 Å². The molecule has 4 aromatic rings. The van der Waals surface area contributed by atoms with Crippen LogP contribution in [0.25, 0.3) is 22.4 Å². The lowest BCUT2D eigenvalue weighted by Crippen LogP contribution is -2.12. The van der Waals surface area contributed by atoms with Gasteiger partial charge in [0.15, 0.2) is 0 Å². The first-order valence-electron chi connectivity index (χ1n) is 9.45. The first kappa shape index (κ1) is 18.9. The molecule has 0 spiro atoms. The van der Waals surface area contributed by atoms with Crippen molar-refractivity contribution in [3.8, 4) is 11.4 Å². The van der Waals surface area contributed by atoms with Crippen molar-refractivity contribution < 1.29 is 9.18 Å². The molecule has 148 valence electrons. The second-order valence-electron chi connectivity index (χ2n) is 7.15. The molecule has 0 radical (unpaired) electrons. The molecule has 0 saturated heterocycles. The summed E-state index contributed by atoms with van der Waals surface area (Å²) in [5, 5.41) is 7.33. The highest BCUT2D eigenvalue weighted by Gasteiger charge is 2.12. The molecule has 0 fully saturated rings. The van der Waals surface area contributed by atoms with Crippen molar-refractivity contribution in [3.63, 3.8) is 0 Å². The molecule has 1 amide bonds. The van der Waals surface area contributed by atoms with Gasteiger partial charge in [0, 0.05) is 30.4 Å². The molecule has 0 aliphatic carbocycles. The Morgan fingerprint density at radius 1 is 1.17 bits per heavy atom. The number of hydrogen-bond donors (Lipinski definition) is 2. The average Bonchev–Trinajstić information content (AvgIpc) is 3.21. The third-order valence-corrected chi connectivity index (χ3v) is 5.14. The minimum atomic E-state index is -0.286. The van der Waals surface area contributed by atoms with Crippen LogP contribution >= 0.6 is 0 Å². The molecular formula is C22H22FN5O. The summed E-state index contributed by atoms with van der Waals surface area (Å²) >= 11 is 0. The first-order valence-corrected chi connectivity index (χ1v) is 9.45. The molecule has 0 aliphatic heterocycles. The summed E-state index contributed by atoms with van der Waals surface area (Å²) < 4.78 is 15.0. The summed E-state index contributed by atoms with van der Waals surface area (Å²) in [4.78, 5) is 20.2. The van der Waals surface area contributed by atoms with Crippen LogP contribution in [-0.4, -0.2) is 25.7 Å². The fraction of sp³-hybridized carbons (Fsp3) is 0.227. The quantitative estimate of drug-likeness (QED) is 0.533. The van der Waals surface area contributed by atoms with Crippen LogP contribution in [0.4, 0.5) is 10.1 Å². The van der Waals surface area contributed by atoms with Crippen LogP contribution in [0.15, 0.2) is 42.5 Å². The minimum absolute atomic E-state index is 0.0507. The lowest BCUT2D eigenvalue weighted by molar-refractivity contribution is -0.116. The van der Waals surface area contributed by atoms with Crippen LogP contribution in [0.5, 0.6) is 0 Å². The van der Waals surface area contributed by atoms with Gasteiger partial charge in [0.1, 0.15) is 11.6 Å². The molecule has 2 N–H and O–H groups in total. The van der Waals surface area contributed by atoms with E-state index >= 15 is 0 Å². The van der Waals surface area contributed by atoms with E-state index in [1.165, 1.54) is 12.1 Å². The number of carbonyl (C=O) groups is 1. The van der Waals surface area contributed by atoms with Crippen LogP contribution in [0, 0.1) is 19.7 Å². The van der Waals surface area contributed by atoms with E-state index in [0.29, 0.717) is 24.4 Å². The van der Waals surface area contributed by atoms with Crippen molar-refractivity contribution in [1.82, 2.24) is 19.7 Å². The summed E-state index contributed by atoms with van der Waals surface area (Å²) in [7, 11) is 1.91. The Morgan fingerprint density at radius 3 is 2.62 bits per heavy atom. The Balaban J connectivity index is 1.46. The van der Waals surface area contributed by atoms with Crippen LogP contribution in [0.1, 0.15) is 23.4 Å². The Labute approximate surface area is 167 Å². The van der Waals surface area contributed by atoms with E-state index in [-0.39, 0.29) is 11.7 Å². The molecule has 2 heterocycles. The molecule has 0 atom stereocenters. The Morgan fingerprint density at radius 2 is 1.93 bits per heavy atom. The second-order valence-corrected chi connectivity index (χ2v) is 7.15. The van der Waals surface area contributed by atoms with Gasteiger partial charge in [-0.1, -0.05) is 0 Å². The number of aromatic amines is 1. The largest absolute Gasteiger partial charge is 0.338 e. The molecule has 0 saturated carbocycles. The maximum absolute atomic E-state index is 13.1. The number of imidazole rings is 1. The number of hydrogen-bond acceptors (Lipinski definition) is 3. The molecule has 7 heteroatoms.